The molecule has 0 bridgehead atoms. The van der Waals surface area contributed by atoms with Crippen molar-refractivity contribution in [1.82, 2.24) is 10.2 Å². The number of hydrogen-bond acceptors (Lipinski definition) is 2. The van der Waals surface area contributed by atoms with Crippen LogP contribution >= 0.6 is 0 Å². The largest absolute Gasteiger partial charge is 0.311 e. The number of rotatable bonds is 5. The second-order valence-electron chi connectivity index (χ2n) is 7.47. The molecule has 4 unspecified atom stereocenters. The minimum absolute atomic E-state index is 0.702. The number of nitrogens with zero attached hydrogens (tertiary/aromatic N) is 1. The maximum atomic E-state index is 3.99. The van der Waals surface area contributed by atoms with E-state index in [1.165, 1.54) is 71.0 Å². The quantitative estimate of drug-likeness (QED) is 0.764. The van der Waals surface area contributed by atoms with Gasteiger partial charge < -0.3 is 10.2 Å². The van der Waals surface area contributed by atoms with Gasteiger partial charge in [-0.25, -0.2) is 0 Å². The third kappa shape index (κ3) is 5.04. The zero-order valence-corrected chi connectivity index (χ0v) is 14.0. The first-order valence-electron chi connectivity index (χ1n) is 9.17. The molecule has 2 aliphatic rings. The highest BCUT2D eigenvalue weighted by Gasteiger charge is 2.26. The van der Waals surface area contributed by atoms with Gasteiger partial charge in [0.2, 0.25) is 0 Å². The van der Waals surface area contributed by atoms with Crippen molar-refractivity contribution in [1.29, 1.82) is 0 Å². The predicted octanol–water partition coefficient (Wildman–Crippen LogP) is 4.06. The summed E-state index contributed by atoms with van der Waals surface area (Å²) in [4.78, 5) is 2.68. The molecule has 0 amide bonds. The first kappa shape index (κ1) is 16.3. The molecule has 2 fully saturated rings. The molecule has 1 N–H and O–H groups in total. The van der Waals surface area contributed by atoms with Gasteiger partial charge in [-0.05, 0) is 70.4 Å². The minimum Gasteiger partial charge on any atom is -0.311 e. The summed E-state index contributed by atoms with van der Waals surface area (Å²) in [5, 5.41) is 3.99. The van der Waals surface area contributed by atoms with E-state index in [0.29, 0.717) is 6.04 Å². The number of hydrogen-bond donors (Lipinski definition) is 1. The summed E-state index contributed by atoms with van der Waals surface area (Å²) in [6.45, 7) is 11.1. The third-order valence-corrected chi connectivity index (χ3v) is 5.54. The Balaban J connectivity index is 1.76. The SMILES string of the molecule is CCCN1CCCC(C(C)NC2CCCC(C)CC2)C1. The second kappa shape index (κ2) is 8.38. The Morgan fingerprint density at radius 2 is 1.95 bits per heavy atom. The van der Waals surface area contributed by atoms with Crippen molar-refractivity contribution in [2.45, 2.75) is 84.2 Å². The van der Waals surface area contributed by atoms with Crippen LogP contribution in [0.25, 0.3) is 0 Å². The van der Waals surface area contributed by atoms with Gasteiger partial charge in [-0.1, -0.05) is 26.7 Å². The van der Waals surface area contributed by atoms with Crippen LogP contribution in [0.4, 0.5) is 0 Å². The second-order valence-corrected chi connectivity index (χ2v) is 7.47. The summed E-state index contributed by atoms with van der Waals surface area (Å²) in [6, 6.07) is 1.49. The summed E-state index contributed by atoms with van der Waals surface area (Å²) in [5.74, 6) is 1.82. The summed E-state index contributed by atoms with van der Waals surface area (Å²) in [7, 11) is 0. The van der Waals surface area contributed by atoms with Gasteiger partial charge in [-0.15, -0.1) is 0 Å². The number of likely N-dealkylation sites (tertiary alicyclic amines) is 1. The van der Waals surface area contributed by atoms with Gasteiger partial charge in [-0.3, -0.25) is 0 Å². The zero-order chi connectivity index (χ0) is 14.4. The van der Waals surface area contributed by atoms with Crippen molar-refractivity contribution >= 4 is 0 Å². The topological polar surface area (TPSA) is 15.3 Å². The number of piperidine rings is 1. The lowest BCUT2D eigenvalue weighted by molar-refractivity contribution is 0.145. The van der Waals surface area contributed by atoms with Crippen molar-refractivity contribution in [2.75, 3.05) is 19.6 Å². The molecule has 0 aromatic heterocycles. The van der Waals surface area contributed by atoms with Gasteiger partial charge in [0.05, 0.1) is 0 Å². The molecule has 118 valence electrons. The molecule has 0 aromatic carbocycles. The van der Waals surface area contributed by atoms with E-state index in [4.69, 9.17) is 0 Å². The van der Waals surface area contributed by atoms with E-state index < -0.39 is 0 Å². The highest BCUT2D eigenvalue weighted by Crippen LogP contribution is 2.25. The number of nitrogens with one attached hydrogen (secondary N) is 1. The molecule has 1 saturated heterocycles. The van der Waals surface area contributed by atoms with Crippen molar-refractivity contribution in [3.05, 3.63) is 0 Å². The molecule has 1 heterocycles. The molecule has 0 radical (unpaired) electrons. The van der Waals surface area contributed by atoms with Gasteiger partial charge in [0.15, 0.2) is 0 Å². The Labute approximate surface area is 126 Å². The van der Waals surface area contributed by atoms with Crippen LogP contribution in [-0.4, -0.2) is 36.6 Å². The van der Waals surface area contributed by atoms with E-state index in [9.17, 15) is 0 Å². The average molecular weight is 280 g/mol. The lowest BCUT2D eigenvalue weighted by Crippen LogP contribution is -2.47. The van der Waals surface area contributed by atoms with Crippen molar-refractivity contribution < 1.29 is 0 Å². The Bertz CT molecular complexity index is 264. The van der Waals surface area contributed by atoms with Crippen LogP contribution in [0.5, 0.6) is 0 Å². The first-order valence-corrected chi connectivity index (χ1v) is 9.17. The zero-order valence-electron chi connectivity index (χ0n) is 14.0. The Kier molecular flexibility index (Phi) is 6.83. The molecule has 1 aliphatic carbocycles. The van der Waals surface area contributed by atoms with E-state index in [2.05, 4.69) is 31.0 Å². The lowest BCUT2D eigenvalue weighted by atomic mass is 9.90. The van der Waals surface area contributed by atoms with Crippen LogP contribution in [0.3, 0.4) is 0 Å². The van der Waals surface area contributed by atoms with Crippen molar-refractivity contribution in [3.63, 3.8) is 0 Å². The van der Waals surface area contributed by atoms with Gasteiger partial charge >= 0.3 is 0 Å². The molecule has 20 heavy (non-hydrogen) atoms. The summed E-state index contributed by atoms with van der Waals surface area (Å²) < 4.78 is 0. The lowest BCUT2D eigenvalue weighted by Gasteiger charge is -2.37. The summed E-state index contributed by atoms with van der Waals surface area (Å²) in [6.07, 6.45) is 11.2. The Morgan fingerprint density at radius 3 is 2.75 bits per heavy atom. The minimum atomic E-state index is 0.702. The van der Waals surface area contributed by atoms with Gasteiger partial charge in [-0.2, -0.15) is 0 Å². The van der Waals surface area contributed by atoms with Gasteiger partial charge in [0.1, 0.15) is 0 Å². The monoisotopic (exact) mass is 280 g/mol. The van der Waals surface area contributed by atoms with E-state index in [1.807, 2.05) is 0 Å². The molecule has 1 aliphatic heterocycles. The fraction of sp³-hybridized carbons (Fsp3) is 1.00. The van der Waals surface area contributed by atoms with E-state index in [-0.39, 0.29) is 0 Å². The first-order chi connectivity index (χ1) is 9.69. The van der Waals surface area contributed by atoms with Crippen LogP contribution in [0.2, 0.25) is 0 Å². The molecule has 0 spiro atoms. The van der Waals surface area contributed by atoms with Crippen molar-refractivity contribution in [2.24, 2.45) is 11.8 Å². The van der Waals surface area contributed by atoms with E-state index >= 15 is 0 Å². The maximum Gasteiger partial charge on any atom is 0.00818 e. The van der Waals surface area contributed by atoms with E-state index in [0.717, 1.165) is 17.9 Å². The van der Waals surface area contributed by atoms with Crippen LogP contribution in [0, 0.1) is 11.8 Å². The fourth-order valence-corrected chi connectivity index (χ4v) is 4.18. The standard InChI is InChI=1S/C18H36N2/c1-4-12-20-13-6-8-17(14-20)16(3)19-18-9-5-7-15(2)10-11-18/h15-19H,4-14H2,1-3H3. The molecular weight excluding hydrogens is 244 g/mol. The average Bonchev–Trinajstić information content (AvgIpc) is 2.64. The van der Waals surface area contributed by atoms with Gasteiger partial charge in [0, 0.05) is 18.6 Å². The highest BCUT2D eigenvalue weighted by atomic mass is 15.1. The summed E-state index contributed by atoms with van der Waals surface area (Å²) in [5.41, 5.74) is 0. The van der Waals surface area contributed by atoms with Crippen LogP contribution in [0.1, 0.15) is 72.1 Å². The Morgan fingerprint density at radius 1 is 1.10 bits per heavy atom. The maximum absolute atomic E-state index is 3.99. The third-order valence-electron chi connectivity index (χ3n) is 5.54. The molecule has 4 atom stereocenters. The normalized spacial score (nSPS) is 34.6. The van der Waals surface area contributed by atoms with Crippen LogP contribution in [-0.2, 0) is 0 Å². The molecule has 2 rings (SSSR count). The molecule has 2 heteroatoms. The van der Waals surface area contributed by atoms with Crippen molar-refractivity contribution in [3.8, 4) is 0 Å². The molecule has 2 nitrogen and oxygen atoms in total. The summed E-state index contributed by atoms with van der Waals surface area (Å²) >= 11 is 0. The highest BCUT2D eigenvalue weighted by molar-refractivity contribution is 4.84. The molecule has 1 saturated carbocycles. The van der Waals surface area contributed by atoms with Crippen LogP contribution in [0.15, 0.2) is 0 Å². The molecule has 0 aromatic rings. The smallest absolute Gasteiger partial charge is 0.00818 e. The van der Waals surface area contributed by atoms with Gasteiger partial charge in [0.25, 0.3) is 0 Å². The fourth-order valence-electron chi connectivity index (χ4n) is 4.18. The van der Waals surface area contributed by atoms with E-state index in [1.54, 1.807) is 0 Å². The molecular formula is C18H36N2. The Hall–Kier alpha value is -0.0800. The predicted molar refractivity (Wildman–Crippen MR) is 88.1 cm³/mol. The van der Waals surface area contributed by atoms with Crippen LogP contribution < -0.4 is 5.32 Å².